The average molecular weight is 216 g/mol. The van der Waals surface area contributed by atoms with E-state index >= 15 is 0 Å². The Kier molecular flexibility index (Phi) is 3.03. The van der Waals surface area contributed by atoms with E-state index in [0.29, 0.717) is 12.0 Å². The molecular weight excluding hydrogens is 202 g/mol. The zero-order valence-electron chi connectivity index (χ0n) is 8.19. The molecule has 1 aliphatic rings. The maximum absolute atomic E-state index is 5.69. The lowest BCUT2D eigenvalue weighted by Crippen LogP contribution is -2.16. The molecule has 0 aromatic carbocycles. The minimum atomic E-state index is 0.287. The van der Waals surface area contributed by atoms with Gasteiger partial charge < -0.3 is 4.74 Å². The highest BCUT2D eigenvalue weighted by molar-refractivity contribution is 6.16. The molecule has 0 N–H and O–H groups in total. The summed E-state index contributed by atoms with van der Waals surface area (Å²) in [7, 11) is 0. The summed E-state index contributed by atoms with van der Waals surface area (Å²) in [4.78, 5) is 0. The predicted molar refractivity (Wildman–Crippen MR) is 53.1 cm³/mol. The number of nitrogens with zero attached hydrogens (tertiary/aromatic N) is 3. The number of rotatable bonds is 3. The molecule has 0 saturated carbocycles. The van der Waals surface area contributed by atoms with Crippen LogP contribution in [0.3, 0.4) is 0 Å². The van der Waals surface area contributed by atoms with E-state index in [9.17, 15) is 0 Å². The summed E-state index contributed by atoms with van der Waals surface area (Å²) in [6.45, 7) is 2.89. The SMILES string of the molecule is CC1CCC(Cn2cc(CCl)nn2)O1. The molecule has 2 atom stereocenters. The topological polar surface area (TPSA) is 39.9 Å². The Bertz CT molecular complexity index is 302. The third kappa shape index (κ3) is 2.25. The second kappa shape index (κ2) is 4.28. The normalized spacial score (nSPS) is 27.0. The van der Waals surface area contributed by atoms with Crippen molar-refractivity contribution >= 4 is 11.6 Å². The van der Waals surface area contributed by atoms with E-state index in [1.807, 2.05) is 6.20 Å². The van der Waals surface area contributed by atoms with Crippen LogP contribution in [0.4, 0.5) is 0 Å². The van der Waals surface area contributed by atoms with Gasteiger partial charge in [0.05, 0.1) is 30.3 Å². The molecule has 14 heavy (non-hydrogen) atoms. The summed E-state index contributed by atoms with van der Waals surface area (Å²) in [6.07, 6.45) is 4.80. The highest BCUT2D eigenvalue weighted by Crippen LogP contribution is 2.20. The molecule has 2 rings (SSSR count). The van der Waals surface area contributed by atoms with E-state index in [-0.39, 0.29) is 6.10 Å². The summed E-state index contributed by atoms with van der Waals surface area (Å²) < 4.78 is 7.49. The number of halogens is 1. The van der Waals surface area contributed by atoms with E-state index in [4.69, 9.17) is 16.3 Å². The fraction of sp³-hybridized carbons (Fsp3) is 0.778. The smallest absolute Gasteiger partial charge is 0.0974 e. The summed E-state index contributed by atoms with van der Waals surface area (Å²) >= 11 is 5.63. The van der Waals surface area contributed by atoms with Gasteiger partial charge in [0.2, 0.25) is 0 Å². The van der Waals surface area contributed by atoms with Gasteiger partial charge >= 0.3 is 0 Å². The molecule has 1 aromatic heterocycles. The number of aromatic nitrogens is 3. The highest BCUT2D eigenvalue weighted by Gasteiger charge is 2.22. The number of hydrogen-bond acceptors (Lipinski definition) is 3. The van der Waals surface area contributed by atoms with Crippen LogP contribution in [-0.2, 0) is 17.2 Å². The second-order valence-electron chi connectivity index (χ2n) is 3.71. The molecule has 0 spiro atoms. The van der Waals surface area contributed by atoms with E-state index in [0.717, 1.165) is 25.1 Å². The first-order valence-electron chi connectivity index (χ1n) is 4.88. The van der Waals surface area contributed by atoms with Crippen molar-refractivity contribution < 1.29 is 4.74 Å². The molecule has 2 unspecified atom stereocenters. The Labute approximate surface area is 88.2 Å². The van der Waals surface area contributed by atoms with Crippen LogP contribution in [-0.4, -0.2) is 27.2 Å². The minimum absolute atomic E-state index is 0.287. The first-order chi connectivity index (χ1) is 6.78. The first-order valence-corrected chi connectivity index (χ1v) is 5.42. The Morgan fingerprint density at radius 2 is 2.50 bits per heavy atom. The predicted octanol–water partition coefficient (Wildman–Crippen LogP) is 1.58. The average Bonchev–Trinajstić information content (AvgIpc) is 2.76. The van der Waals surface area contributed by atoms with Crippen molar-refractivity contribution in [1.82, 2.24) is 15.0 Å². The van der Waals surface area contributed by atoms with Crippen LogP contribution in [0.15, 0.2) is 6.20 Å². The van der Waals surface area contributed by atoms with Gasteiger partial charge in [0.25, 0.3) is 0 Å². The van der Waals surface area contributed by atoms with Gasteiger partial charge in [0, 0.05) is 6.20 Å². The Morgan fingerprint density at radius 1 is 1.64 bits per heavy atom. The molecule has 1 fully saturated rings. The number of ether oxygens (including phenoxy) is 1. The van der Waals surface area contributed by atoms with Crippen molar-refractivity contribution in [2.75, 3.05) is 0 Å². The third-order valence-corrected chi connectivity index (χ3v) is 2.71. The molecule has 1 aromatic rings. The molecular formula is C9H14ClN3O. The van der Waals surface area contributed by atoms with Crippen molar-refractivity contribution in [3.63, 3.8) is 0 Å². The van der Waals surface area contributed by atoms with Crippen LogP contribution in [0.25, 0.3) is 0 Å². The van der Waals surface area contributed by atoms with Crippen LogP contribution < -0.4 is 0 Å². The lowest BCUT2D eigenvalue weighted by Gasteiger charge is -2.09. The summed E-state index contributed by atoms with van der Waals surface area (Å²) in [6, 6.07) is 0. The lowest BCUT2D eigenvalue weighted by atomic mass is 10.2. The standard InChI is InChI=1S/C9H14ClN3O/c1-7-2-3-9(14-7)6-13-5-8(4-10)11-12-13/h5,7,9H,2-4,6H2,1H3. The fourth-order valence-electron chi connectivity index (χ4n) is 1.72. The van der Waals surface area contributed by atoms with Crippen LogP contribution in [0.5, 0.6) is 0 Å². The van der Waals surface area contributed by atoms with Crippen LogP contribution in [0.1, 0.15) is 25.5 Å². The van der Waals surface area contributed by atoms with Gasteiger partial charge in [0.15, 0.2) is 0 Å². The molecule has 0 aliphatic carbocycles. The first kappa shape index (κ1) is 9.93. The maximum atomic E-state index is 5.69. The molecule has 1 aliphatic heterocycles. The summed E-state index contributed by atoms with van der Waals surface area (Å²) in [5, 5.41) is 7.90. The van der Waals surface area contributed by atoms with Gasteiger partial charge in [-0.3, -0.25) is 0 Å². The Hall–Kier alpha value is -0.610. The monoisotopic (exact) mass is 215 g/mol. The molecule has 0 bridgehead atoms. The van der Waals surface area contributed by atoms with Gasteiger partial charge in [-0.25, -0.2) is 4.68 Å². The van der Waals surface area contributed by atoms with E-state index in [1.54, 1.807) is 4.68 Å². The molecule has 5 heteroatoms. The maximum Gasteiger partial charge on any atom is 0.0974 e. The van der Waals surface area contributed by atoms with Crippen molar-refractivity contribution in [3.05, 3.63) is 11.9 Å². The summed E-state index contributed by atoms with van der Waals surface area (Å²) in [5.74, 6) is 0.419. The molecule has 0 radical (unpaired) electrons. The van der Waals surface area contributed by atoms with Gasteiger partial charge in [0.1, 0.15) is 0 Å². The van der Waals surface area contributed by atoms with Crippen molar-refractivity contribution in [3.8, 4) is 0 Å². The van der Waals surface area contributed by atoms with Crippen LogP contribution >= 0.6 is 11.6 Å². The zero-order chi connectivity index (χ0) is 9.97. The van der Waals surface area contributed by atoms with Gasteiger partial charge in [-0.15, -0.1) is 16.7 Å². The quantitative estimate of drug-likeness (QED) is 0.719. The van der Waals surface area contributed by atoms with Crippen molar-refractivity contribution in [2.24, 2.45) is 0 Å². The molecule has 4 nitrogen and oxygen atoms in total. The Morgan fingerprint density at radius 3 is 3.07 bits per heavy atom. The van der Waals surface area contributed by atoms with Crippen molar-refractivity contribution in [2.45, 2.75) is 44.4 Å². The van der Waals surface area contributed by atoms with E-state index in [2.05, 4.69) is 17.2 Å². The Balaban J connectivity index is 1.90. The fourth-order valence-corrected chi connectivity index (χ4v) is 1.84. The second-order valence-corrected chi connectivity index (χ2v) is 3.98. The number of hydrogen-bond donors (Lipinski definition) is 0. The van der Waals surface area contributed by atoms with Gasteiger partial charge in [-0.05, 0) is 19.8 Å². The molecule has 2 heterocycles. The minimum Gasteiger partial charge on any atom is -0.373 e. The van der Waals surface area contributed by atoms with Gasteiger partial charge in [-0.1, -0.05) is 5.21 Å². The van der Waals surface area contributed by atoms with E-state index < -0.39 is 0 Å². The summed E-state index contributed by atoms with van der Waals surface area (Å²) in [5.41, 5.74) is 0.817. The van der Waals surface area contributed by atoms with Crippen LogP contribution in [0, 0.1) is 0 Å². The third-order valence-electron chi connectivity index (χ3n) is 2.43. The van der Waals surface area contributed by atoms with Crippen LogP contribution in [0.2, 0.25) is 0 Å². The largest absolute Gasteiger partial charge is 0.373 e. The molecule has 78 valence electrons. The van der Waals surface area contributed by atoms with Crippen molar-refractivity contribution in [1.29, 1.82) is 0 Å². The molecule has 0 amide bonds. The molecule has 1 saturated heterocycles. The zero-order valence-corrected chi connectivity index (χ0v) is 8.94. The van der Waals surface area contributed by atoms with E-state index in [1.165, 1.54) is 0 Å². The lowest BCUT2D eigenvalue weighted by molar-refractivity contribution is 0.0434. The number of alkyl halides is 1. The highest BCUT2D eigenvalue weighted by atomic mass is 35.5. The van der Waals surface area contributed by atoms with Gasteiger partial charge in [-0.2, -0.15) is 0 Å².